The van der Waals surface area contributed by atoms with Crippen molar-refractivity contribution in [1.29, 1.82) is 0 Å². The van der Waals surface area contributed by atoms with Crippen molar-refractivity contribution in [2.45, 2.75) is 26.3 Å². The Kier molecular flexibility index (Phi) is 8.54. The molecule has 0 atom stereocenters. The lowest BCUT2D eigenvalue weighted by molar-refractivity contribution is 0.278. The van der Waals surface area contributed by atoms with Crippen molar-refractivity contribution in [1.82, 2.24) is 9.88 Å². The van der Waals surface area contributed by atoms with E-state index in [9.17, 15) is 0 Å². The van der Waals surface area contributed by atoms with Crippen LogP contribution in [-0.2, 0) is 19.4 Å². The maximum Gasteiger partial charge on any atom is 0.0925 e. The van der Waals surface area contributed by atoms with Crippen LogP contribution in [0.15, 0.2) is 36.5 Å². The van der Waals surface area contributed by atoms with Crippen LogP contribution in [0.3, 0.4) is 0 Å². The van der Waals surface area contributed by atoms with Gasteiger partial charge in [0.1, 0.15) is 0 Å². The number of nitrogens with two attached hydrogens (primary N) is 1. The Morgan fingerprint density at radius 2 is 1.95 bits per heavy atom. The van der Waals surface area contributed by atoms with Crippen LogP contribution in [0.1, 0.15) is 22.4 Å². The standard InChI is InChI=1S/C16H23N3S.ClH/c1-2-16-18-12-15(20-16)13-19(11-9-17)10-8-14-6-4-3-5-7-14;/h3-7,12H,2,8-11,13,17H2,1H3;1H. The van der Waals surface area contributed by atoms with E-state index >= 15 is 0 Å². The molecule has 0 fully saturated rings. The van der Waals surface area contributed by atoms with Gasteiger partial charge in [-0.2, -0.15) is 0 Å². The summed E-state index contributed by atoms with van der Waals surface area (Å²) in [5, 5.41) is 1.22. The molecule has 0 aliphatic heterocycles. The van der Waals surface area contributed by atoms with Crippen LogP contribution in [0, 0.1) is 0 Å². The lowest BCUT2D eigenvalue weighted by Crippen LogP contribution is -2.30. The first-order chi connectivity index (χ1) is 9.81. The molecule has 0 spiro atoms. The van der Waals surface area contributed by atoms with E-state index in [2.05, 4.69) is 47.1 Å². The zero-order chi connectivity index (χ0) is 14.2. The summed E-state index contributed by atoms with van der Waals surface area (Å²) in [5.74, 6) is 0. The molecule has 2 aromatic rings. The number of benzene rings is 1. The molecule has 5 heteroatoms. The minimum atomic E-state index is 0. The Balaban J connectivity index is 0.00000220. The summed E-state index contributed by atoms with van der Waals surface area (Å²) in [6, 6.07) is 10.6. The number of aryl methyl sites for hydroxylation is 1. The summed E-state index contributed by atoms with van der Waals surface area (Å²) >= 11 is 1.82. The number of rotatable bonds is 8. The van der Waals surface area contributed by atoms with Crippen LogP contribution >= 0.6 is 23.7 Å². The van der Waals surface area contributed by atoms with Gasteiger partial charge in [0.25, 0.3) is 0 Å². The molecule has 0 radical (unpaired) electrons. The van der Waals surface area contributed by atoms with E-state index in [1.807, 2.05) is 17.5 Å². The molecule has 1 aromatic carbocycles. The summed E-state index contributed by atoms with van der Waals surface area (Å²) < 4.78 is 0. The van der Waals surface area contributed by atoms with Crippen LogP contribution in [0.2, 0.25) is 0 Å². The Morgan fingerprint density at radius 1 is 1.19 bits per heavy atom. The van der Waals surface area contributed by atoms with E-state index in [0.717, 1.165) is 32.5 Å². The van der Waals surface area contributed by atoms with Gasteiger partial charge >= 0.3 is 0 Å². The molecule has 1 aromatic heterocycles. The van der Waals surface area contributed by atoms with Gasteiger partial charge < -0.3 is 5.73 Å². The zero-order valence-corrected chi connectivity index (χ0v) is 14.1. The average molecular weight is 326 g/mol. The summed E-state index contributed by atoms with van der Waals surface area (Å²) in [5.41, 5.74) is 7.11. The predicted octanol–water partition coefficient (Wildman–Crippen LogP) is 3.13. The largest absolute Gasteiger partial charge is 0.329 e. The van der Waals surface area contributed by atoms with Gasteiger partial charge in [-0.15, -0.1) is 23.7 Å². The molecule has 3 nitrogen and oxygen atoms in total. The minimum absolute atomic E-state index is 0. The van der Waals surface area contributed by atoms with E-state index in [0.29, 0.717) is 6.54 Å². The van der Waals surface area contributed by atoms with Crippen molar-refractivity contribution in [3.63, 3.8) is 0 Å². The van der Waals surface area contributed by atoms with Crippen molar-refractivity contribution < 1.29 is 0 Å². The first-order valence-electron chi connectivity index (χ1n) is 7.21. The van der Waals surface area contributed by atoms with Crippen molar-refractivity contribution in [3.05, 3.63) is 52.0 Å². The molecule has 0 aliphatic carbocycles. The molecule has 0 unspecified atom stereocenters. The van der Waals surface area contributed by atoms with Crippen LogP contribution < -0.4 is 5.73 Å². The number of thiazole rings is 1. The van der Waals surface area contributed by atoms with Gasteiger partial charge in [0.05, 0.1) is 5.01 Å². The highest BCUT2D eigenvalue weighted by Crippen LogP contribution is 2.15. The number of halogens is 1. The second kappa shape index (κ2) is 9.90. The van der Waals surface area contributed by atoms with Gasteiger partial charge in [-0.3, -0.25) is 4.90 Å². The van der Waals surface area contributed by atoms with E-state index < -0.39 is 0 Å². The molecule has 21 heavy (non-hydrogen) atoms. The van der Waals surface area contributed by atoms with Gasteiger partial charge in [0, 0.05) is 37.3 Å². The fourth-order valence-corrected chi connectivity index (χ4v) is 3.09. The second-order valence-corrected chi connectivity index (χ2v) is 6.07. The van der Waals surface area contributed by atoms with Crippen LogP contribution in [0.25, 0.3) is 0 Å². The van der Waals surface area contributed by atoms with Gasteiger partial charge in [-0.1, -0.05) is 37.3 Å². The lowest BCUT2D eigenvalue weighted by Gasteiger charge is -2.20. The third kappa shape index (κ3) is 6.14. The summed E-state index contributed by atoms with van der Waals surface area (Å²) in [7, 11) is 0. The Morgan fingerprint density at radius 3 is 2.57 bits per heavy atom. The van der Waals surface area contributed by atoms with E-state index in [-0.39, 0.29) is 12.4 Å². The molecule has 0 saturated heterocycles. The fraction of sp³-hybridized carbons (Fsp3) is 0.438. The van der Waals surface area contributed by atoms with Gasteiger partial charge in [0.2, 0.25) is 0 Å². The predicted molar refractivity (Wildman–Crippen MR) is 93.2 cm³/mol. The SMILES string of the molecule is CCc1ncc(CN(CCN)CCc2ccccc2)s1.Cl. The summed E-state index contributed by atoms with van der Waals surface area (Å²) in [6.07, 6.45) is 4.10. The third-order valence-electron chi connectivity index (χ3n) is 3.29. The van der Waals surface area contributed by atoms with Crippen molar-refractivity contribution >= 4 is 23.7 Å². The molecule has 0 saturated carbocycles. The normalized spacial score (nSPS) is 10.6. The van der Waals surface area contributed by atoms with Crippen LogP contribution in [0.5, 0.6) is 0 Å². The maximum absolute atomic E-state index is 5.73. The molecule has 2 N–H and O–H groups in total. The monoisotopic (exact) mass is 325 g/mol. The molecule has 1 heterocycles. The van der Waals surface area contributed by atoms with Crippen molar-refractivity contribution in [2.24, 2.45) is 5.73 Å². The number of nitrogens with zero attached hydrogens (tertiary/aromatic N) is 2. The lowest BCUT2D eigenvalue weighted by atomic mass is 10.1. The van der Waals surface area contributed by atoms with E-state index in [4.69, 9.17) is 5.73 Å². The molecule has 116 valence electrons. The first kappa shape index (κ1) is 18.1. The van der Waals surface area contributed by atoms with Crippen molar-refractivity contribution in [3.8, 4) is 0 Å². The highest BCUT2D eigenvalue weighted by Gasteiger charge is 2.08. The zero-order valence-electron chi connectivity index (χ0n) is 12.5. The maximum atomic E-state index is 5.73. The number of aromatic nitrogens is 1. The van der Waals surface area contributed by atoms with E-state index in [1.165, 1.54) is 15.4 Å². The van der Waals surface area contributed by atoms with Gasteiger partial charge in [-0.25, -0.2) is 4.98 Å². The van der Waals surface area contributed by atoms with E-state index in [1.54, 1.807) is 0 Å². The third-order valence-corrected chi connectivity index (χ3v) is 4.41. The molecule has 0 bridgehead atoms. The Hall–Kier alpha value is -0.940. The number of hydrogen-bond donors (Lipinski definition) is 1. The van der Waals surface area contributed by atoms with Crippen LogP contribution in [-0.4, -0.2) is 29.5 Å². The highest BCUT2D eigenvalue weighted by atomic mass is 35.5. The first-order valence-corrected chi connectivity index (χ1v) is 8.03. The summed E-state index contributed by atoms with van der Waals surface area (Å²) in [6.45, 7) is 5.79. The summed E-state index contributed by atoms with van der Waals surface area (Å²) in [4.78, 5) is 8.18. The quantitative estimate of drug-likeness (QED) is 0.810. The number of hydrogen-bond acceptors (Lipinski definition) is 4. The second-order valence-electron chi connectivity index (χ2n) is 4.87. The Labute approximate surface area is 137 Å². The smallest absolute Gasteiger partial charge is 0.0925 e. The molecular formula is C16H24ClN3S. The molecule has 0 aliphatic rings. The molecular weight excluding hydrogens is 302 g/mol. The fourth-order valence-electron chi connectivity index (χ4n) is 2.19. The topological polar surface area (TPSA) is 42.2 Å². The minimum Gasteiger partial charge on any atom is -0.329 e. The van der Waals surface area contributed by atoms with Crippen LogP contribution in [0.4, 0.5) is 0 Å². The van der Waals surface area contributed by atoms with Gasteiger partial charge in [0.15, 0.2) is 0 Å². The molecule has 0 amide bonds. The average Bonchev–Trinajstić information content (AvgIpc) is 2.94. The van der Waals surface area contributed by atoms with Crippen molar-refractivity contribution in [2.75, 3.05) is 19.6 Å². The Bertz CT molecular complexity index is 501. The van der Waals surface area contributed by atoms with Gasteiger partial charge in [-0.05, 0) is 18.4 Å². The highest BCUT2D eigenvalue weighted by molar-refractivity contribution is 7.11. The molecule has 2 rings (SSSR count).